The molecule has 1 aliphatic carbocycles. The fourth-order valence-electron chi connectivity index (χ4n) is 1.80. The summed E-state index contributed by atoms with van der Waals surface area (Å²) in [6.07, 6.45) is 3.89. The SMILES string of the molecule is CC(C)(C)OC(=O)Nc1cnc(F)cc1CC1CC1. The highest BCUT2D eigenvalue weighted by atomic mass is 19.1. The minimum atomic E-state index is -0.561. The molecule has 104 valence electrons. The van der Waals surface area contributed by atoms with E-state index in [2.05, 4.69) is 10.3 Å². The molecule has 5 heteroatoms. The Bertz CT molecular complexity index is 479. The molecule has 0 aliphatic heterocycles. The van der Waals surface area contributed by atoms with Gasteiger partial charge in [-0.15, -0.1) is 0 Å². The summed E-state index contributed by atoms with van der Waals surface area (Å²) in [5.74, 6) is 0.0753. The van der Waals surface area contributed by atoms with Gasteiger partial charge in [0.2, 0.25) is 5.95 Å². The van der Waals surface area contributed by atoms with Gasteiger partial charge in [0.25, 0.3) is 0 Å². The number of halogens is 1. The molecule has 1 aromatic rings. The van der Waals surface area contributed by atoms with Crippen LogP contribution in [-0.2, 0) is 11.2 Å². The van der Waals surface area contributed by atoms with Gasteiger partial charge < -0.3 is 4.74 Å². The Morgan fingerprint density at radius 3 is 2.79 bits per heavy atom. The number of pyridine rings is 1. The smallest absolute Gasteiger partial charge is 0.412 e. The summed E-state index contributed by atoms with van der Waals surface area (Å²) in [5.41, 5.74) is 0.747. The van der Waals surface area contributed by atoms with Gasteiger partial charge in [0.15, 0.2) is 0 Å². The first-order chi connectivity index (χ1) is 8.83. The van der Waals surface area contributed by atoms with E-state index in [1.165, 1.54) is 12.3 Å². The summed E-state index contributed by atoms with van der Waals surface area (Å²) in [4.78, 5) is 15.3. The molecule has 1 heterocycles. The van der Waals surface area contributed by atoms with Crippen LogP contribution in [-0.4, -0.2) is 16.7 Å². The predicted molar refractivity (Wildman–Crippen MR) is 70.5 cm³/mol. The number of ether oxygens (including phenoxy) is 1. The van der Waals surface area contributed by atoms with Crippen LogP contribution in [0.15, 0.2) is 12.3 Å². The zero-order chi connectivity index (χ0) is 14.0. The van der Waals surface area contributed by atoms with E-state index in [1.807, 2.05) is 0 Å². The Balaban J connectivity index is 2.07. The van der Waals surface area contributed by atoms with Crippen LogP contribution in [0.2, 0.25) is 0 Å². The van der Waals surface area contributed by atoms with Crippen molar-refractivity contribution in [2.45, 2.75) is 45.6 Å². The van der Waals surface area contributed by atoms with Gasteiger partial charge >= 0.3 is 6.09 Å². The molecule has 1 N–H and O–H groups in total. The zero-order valence-electron chi connectivity index (χ0n) is 11.5. The molecule has 4 nitrogen and oxygen atoms in total. The van der Waals surface area contributed by atoms with Gasteiger partial charge in [-0.05, 0) is 57.6 Å². The van der Waals surface area contributed by atoms with Crippen LogP contribution in [0.5, 0.6) is 0 Å². The average Bonchev–Trinajstić information content (AvgIpc) is 3.03. The van der Waals surface area contributed by atoms with E-state index < -0.39 is 17.6 Å². The number of carbonyl (C=O) groups excluding carboxylic acids is 1. The molecule has 0 bridgehead atoms. The van der Waals surface area contributed by atoms with E-state index >= 15 is 0 Å². The minimum Gasteiger partial charge on any atom is -0.444 e. The number of nitrogens with one attached hydrogen (secondary N) is 1. The summed E-state index contributed by atoms with van der Waals surface area (Å²) < 4.78 is 18.3. The topological polar surface area (TPSA) is 51.2 Å². The third-order valence-corrected chi connectivity index (χ3v) is 2.80. The Morgan fingerprint density at radius 2 is 2.21 bits per heavy atom. The Kier molecular flexibility index (Phi) is 3.73. The Morgan fingerprint density at radius 1 is 1.53 bits per heavy atom. The molecule has 1 fully saturated rings. The highest BCUT2D eigenvalue weighted by Crippen LogP contribution is 2.34. The molecule has 2 rings (SSSR count). The molecular formula is C14H19FN2O2. The number of rotatable bonds is 3. The van der Waals surface area contributed by atoms with Crippen LogP contribution >= 0.6 is 0 Å². The number of hydrogen-bond acceptors (Lipinski definition) is 3. The first-order valence-corrected chi connectivity index (χ1v) is 6.48. The number of aromatic nitrogens is 1. The van der Waals surface area contributed by atoms with Crippen molar-refractivity contribution < 1.29 is 13.9 Å². The van der Waals surface area contributed by atoms with Crippen molar-refractivity contribution >= 4 is 11.8 Å². The fraction of sp³-hybridized carbons (Fsp3) is 0.571. The van der Waals surface area contributed by atoms with Crippen LogP contribution in [0.25, 0.3) is 0 Å². The highest BCUT2D eigenvalue weighted by molar-refractivity contribution is 5.85. The minimum absolute atomic E-state index is 0.523. The molecule has 0 saturated heterocycles. The first-order valence-electron chi connectivity index (χ1n) is 6.48. The van der Waals surface area contributed by atoms with Gasteiger partial charge in [0.1, 0.15) is 5.60 Å². The summed E-state index contributed by atoms with van der Waals surface area (Å²) in [5, 5.41) is 2.64. The lowest BCUT2D eigenvalue weighted by molar-refractivity contribution is 0.0635. The van der Waals surface area contributed by atoms with E-state index in [9.17, 15) is 9.18 Å². The lowest BCUT2D eigenvalue weighted by Gasteiger charge is -2.20. The van der Waals surface area contributed by atoms with Gasteiger partial charge in [-0.25, -0.2) is 9.78 Å². The first kappa shape index (κ1) is 13.8. The number of carbonyl (C=O) groups is 1. The lowest BCUT2D eigenvalue weighted by Crippen LogP contribution is -2.27. The van der Waals surface area contributed by atoms with Crippen molar-refractivity contribution in [3.8, 4) is 0 Å². The van der Waals surface area contributed by atoms with Crippen molar-refractivity contribution in [3.05, 3.63) is 23.8 Å². The molecule has 1 aliphatic rings. The van der Waals surface area contributed by atoms with Gasteiger partial charge in [0.05, 0.1) is 11.9 Å². The number of nitrogens with zero attached hydrogens (tertiary/aromatic N) is 1. The molecule has 19 heavy (non-hydrogen) atoms. The molecule has 1 amide bonds. The van der Waals surface area contributed by atoms with E-state index in [1.54, 1.807) is 20.8 Å². The zero-order valence-corrected chi connectivity index (χ0v) is 11.5. The van der Waals surface area contributed by atoms with Crippen LogP contribution in [0, 0.1) is 11.9 Å². The van der Waals surface area contributed by atoms with Gasteiger partial charge in [0, 0.05) is 0 Å². The van der Waals surface area contributed by atoms with Gasteiger partial charge in [-0.1, -0.05) is 0 Å². The Hall–Kier alpha value is -1.65. The second-order valence-electron chi connectivity index (χ2n) is 5.94. The fourth-order valence-corrected chi connectivity index (χ4v) is 1.80. The summed E-state index contributed by atoms with van der Waals surface area (Å²) >= 11 is 0. The number of hydrogen-bond donors (Lipinski definition) is 1. The third-order valence-electron chi connectivity index (χ3n) is 2.80. The van der Waals surface area contributed by atoms with E-state index in [0.717, 1.165) is 24.8 Å². The summed E-state index contributed by atoms with van der Waals surface area (Å²) in [6, 6.07) is 1.38. The largest absolute Gasteiger partial charge is 0.444 e. The van der Waals surface area contributed by atoms with E-state index in [-0.39, 0.29) is 0 Å². The van der Waals surface area contributed by atoms with E-state index in [0.29, 0.717) is 11.6 Å². The Labute approximate surface area is 112 Å². The summed E-state index contributed by atoms with van der Waals surface area (Å²) in [6.45, 7) is 5.38. The second-order valence-corrected chi connectivity index (χ2v) is 5.94. The highest BCUT2D eigenvalue weighted by Gasteiger charge is 2.24. The normalized spacial score (nSPS) is 15.2. The molecule has 0 aromatic carbocycles. The molecule has 1 aromatic heterocycles. The molecule has 0 unspecified atom stereocenters. The molecule has 0 spiro atoms. The molecule has 0 atom stereocenters. The van der Waals surface area contributed by atoms with E-state index in [4.69, 9.17) is 4.74 Å². The van der Waals surface area contributed by atoms with Crippen molar-refractivity contribution in [1.29, 1.82) is 0 Å². The van der Waals surface area contributed by atoms with Crippen molar-refractivity contribution in [2.75, 3.05) is 5.32 Å². The maximum absolute atomic E-state index is 13.2. The number of anilines is 1. The molecule has 0 radical (unpaired) electrons. The molecular weight excluding hydrogens is 247 g/mol. The van der Waals surface area contributed by atoms with Crippen LogP contribution in [0.3, 0.4) is 0 Å². The summed E-state index contributed by atoms with van der Waals surface area (Å²) in [7, 11) is 0. The van der Waals surface area contributed by atoms with Crippen molar-refractivity contribution in [2.24, 2.45) is 5.92 Å². The van der Waals surface area contributed by atoms with Crippen LogP contribution in [0.1, 0.15) is 39.2 Å². The van der Waals surface area contributed by atoms with Crippen molar-refractivity contribution in [3.63, 3.8) is 0 Å². The van der Waals surface area contributed by atoms with Gasteiger partial charge in [-0.3, -0.25) is 5.32 Å². The quantitative estimate of drug-likeness (QED) is 0.852. The molecule has 1 saturated carbocycles. The second kappa shape index (κ2) is 5.15. The third kappa shape index (κ3) is 4.50. The average molecular weight is 266 g/mol. The predicted octanol–water partition coefficient (Wildman–Crippen LogP) is 3.52. The van der Waals surface area contributed by atoms with Crippen LogP contribution < -0.4 is 5.32 Å². The number of amides is 1. The monoisotopic (exact) mass is 266 g/mol. The van der Waals surface area contributed by atoms with Crippen LogP contribution in [0.4, 0.5) is 14.9 Å². The van der Waals surface area contributed by atoms with Gasteiger partial charge in [-0.2, -0.15) is 4.39 Å². The van der Waals surface area contributed by atoms with Crippen molar-refractivity contribution in [1.82, 2.24) is 4.98 Å². The standard InChI is InChI=1S/C14H19FN2O2/c1-14(2,3)19-13(18)17-11-8-16-12(15)7-10(11)6-9-4-5-9/h7-9H,4-6H2,1-3H3,(H,17,18). The lowest BCUT2D eigenvalue weighted by atomic mass is 10.1. The maximum atomic E-state index is 13.2. The maximum Gasteiger partial charge on any atom is 0.412 e.